The largest absolute Gasteiger partial charge is 0.491 e. The summed E-state index contributed by atoms with van der Waals surface area (Å²) in [6, 6.07) is 3.68. The molecule has 0 radical (unpaired) electrons. The van der Waals surface area contributed by atoms with Gasteiger partial charge in [0, 0.05) is 12.7 Å². The Labute approximate surface area is 72.0 Å². The zero-order valence-electron chi connectivity index (χ0n) is 6.06. The monoisotopic (exact) mass is 174 g/mol. The van der Waals surface area contributed by atoms with Gasteiger partial charge in [0.2, 0.25) is 0 Å². The van der Waals surface area contributed by atoms with Crippen molar-refractivity contribution in [3.8, 4) is 5.75 Å². The standard InChI is InChI=1S/C7H10N2O.ClH/c8-3-5-10-7-2-1-4-9-6-7;/h1-2,4,6H,3,5,8H2;1H. The second kappa shape index (κ2) is 5.95. The Morgan fingerprint density at radius 3 is 2.91 bits per heavy atom. The lowest BCUT2D eigenvalue weighted by Crippen LogP contribution is -2.10. The molecule has 0 atom stereocenters. The second-order valence-electron chi connectivity index (χ2n) is 1.83. The van der Waals surface area contributed by atoms with Crippen molar-refractivity contribution in [1.82, 2.24) is 4.98 Å². The number of nitrogens with two attached hydrogens (primary N) is 1. The van der Waals surface area contributed by atoms with Gasteiger partial charge in [0.15, 0.2) is 0 Å². The van der Waals surface area contributed by atoms with E-state index in [2.05, 4.69) is 4.98 Å². The smallest absolute Gasteiger partial charge is 0.137 e. The van der Waals surface area contributed by atoms with Crippen LogP contribution < -0.4 is 10.5 Å². The first-order valence-corrected chi connectivity index (χ1v) is 3.16. The van der Waals surface area contributed by atoms with E-state index in [9.17, 15) is 0 Å². The molecule has 0 bridgehead atoms. The average Bonchev–Trinajstić information content (AvgIpc) is 2.03. The van der Waals surface area contributed by atoms with Gasteiger partial charge in [-0.2, -0.15) is 0 Å². The minimum atomic E-state index is 0. The summed E-state index contributed by atoms with van der Waals surface area (Å²) in [6.07, 6.45) is 3.37. The van der Waals surface area contributed by atoms with Crippen LogP contribution in [0.5, 0.6) is 5.75 Å². The van der Waals surface area contributed by atoms with Crippen molar-refractivity contribution >= 4 is 12.4 Å². The van der Waals surface area contributed by atoms with Crippen LogP contribution in [0.4, 0.5) is 0 Å². The molecule has 0 aliphatic heterocycles. The van der Waals surface area contributed by atoms with E-state index in [1.165, 1.54) is 0 Å². The first-order chi connectivity index (χ1) is 4.93. The van der Waals surface area contributed by atoms with Gasteiger partial charge in [0.25, 0.3) is 0 Å². The molecule has 0 aliphatic carbocycles. The zero-order chi connectivity index (χ0) is 7.23. The molecule has 0 spiro atoms. The van der Waals surface area contributed by atoms with E-state index in [1.54, 1.807) is 12.4 Å². The molecule has 1 heterocycles. The predicted molar refractivity (Wildman–Crippen MR) is 46.0 cm³/mol. The highest BCUT2D eigenvalue weighted by atomic mass is 35.5. The predicted octanol–water partition coefficient (Wildman–Crippen LogP) is 0.841. The number of hydrogen-bond acceptors (Lipinski definition) is 3. The van der Waals surface area contributed by atoms with E-state index in [-0.39, 0.29) is 12.4 Å². The van der Waals surface area contributed by atoms with Crippen LogP contribution in [0, 0.1) is 0 Å². The summed E-state index contributed by atoms with van der Waals surface area (Å²) in [6.45, 7) is 1.08. The van der Waals surface area contributed by atoms with E-state index >= 15 is 0 Å². The molecule has 4 heteroatoms. The molecule has 0 saturated heterocycles. The fourth-order valence-electron chi connectivity index (χ4n) is 0.609. The minimum absolute atomic E-state index is 0. The Morgan fingerprint density at radius 2 is 2.36 bits per heavy atom. The van der Waals surface area contributed by atoms with Crippen molar-refractivity contribution in [3.63, 3.8) is 0 Å². The Kier molecular flexibility index (Phi) is 5.51. The first-order valence-electron chi connectivity index (χ1n) is 3.16. The SMILES string of the molecule is Cl.NCCOc1cccnc1. The third kappa shape index (κ3) is 3.80. The third-order valence-corrected chi connectivity index (χ3v) is 1.02. The maximum Gasteiger partial charge on any atom is 0.137 e. The normalized spacial score (nSPS) is 8.45. The Bertz CT molecular complexity index is 181. The number of nitrogens with zero attached hydrogens (tertiary/aromatic N) is 1. The highest BCUT2D eigenvalue weighted by molar-refractivity contribution is 5.85. The van der Waals surface area contributed by atoms with Crippen molar-refractivity contribution in [2.45, 2.75) is 0 Å². The molecule has 0 saturated carbocycles. The number of rotatable bonds is 3. The lowest BCUT2D eigenvalue weighted by atomic mass is 10.5. The fourth-order valence-corrected chi connectivity index (χ4v) is 0.609. The third-order valence-electron chi connectivity index (χ3n) is 1.02. The van der Waals surface area contributed by atoms with Crippen molar-refractivity contribution < 1.29 is 4.74 Å². The van der Waals surface area contributed by atoms with Gasteiger partial charge in [-0.05, 0) is 12.1 Å². The van der Waals surface area contributed by atoms with Crippen molar-refractivity contribution in [3.05, 3.63) is 24.5 Å². The quantitative estimate of drug-likeness (QED) is 0.739. The van der Waals surface area contributed by atoms with Crippen LogP contribution in [0.3, 0.4) is 0 Å². The molecule has 0 aromatic carbocycles. The number of ether oxygens (including phenoxy) is 1. The van der Waals surface area contributed by atoms with E-state index in [1.807, 2.05) is 12.1 Å². The van der Waals surface area contributed by atoms with Gasteiger partial charge >= 0.3 is 0 Å². The van der Waals surface area contributed by atoms with Crippen molar-refractivity contribution in [1.29, 1.82) is 0 Å². The van der Waals surface area contributed by atoms with Crippen LogP contribution in [-0.4, -0.2) is 18.1 Å². The van der Waals surface area contributed by atoms with E-state index in [0.717, 1.165) is 5.75 Å². The Hall–Kier alpha value is -0.800. The highest BCUT2D eigenvalue weighted by Crippen LogP contribution is 2.04. The molecule has 1 rings (SSSR count). The topological polar surface area (TPSA) is 48.1 Å². The molecule has 0 fully saturated rings. The number of pyridine rings is 1. The van der Waals surface area contributed by atoms with Gasteiger partial charge in [0.05, 0.1) is 6.20 Å². The molecule has 0 amide bonds. The van der Waals surface area contributed by atoms with Crippen LogP contribution in [0.1, 0.15) is 0 Å². The van der Waals surface area contributed by atoms with Crippen LogP contribution in [0.2, 0.25) is 0 Å². The van der Waals surface area contributed by atoms with E-state index in [4.69, 9.17) is 10.5 Å². The maximum absolute atomic E-state index is 5.23. The lowest BCUT2D eigenvalue weighted by molar-refractivity contribution is 0.327. The number of hydrogen-bond donors (Lipinski definition) is 1. The fraction of sp³-hybridized carbons (Fsp3) is 0.286. The molecule has 3 nitrogen and oxygen atoms in total. The molecular weight excluding hydrogens is 164 g/mol. The number of aromatic nitrogens is 1. The van der Waals surface area contributed by atoms with Gasteiger partial charge in [-0.15, -0.1) is 12.4 Å². The van der Waals surface area contributed by atoms with Crippen LogP contribution in [-0.2, 0) is 0 Å². The highest BCUT2D eigenvalue weighted by Gasteiger charge is 1.87. The van der Waals surface area contributed by atoms with Crippen LogP contribution in [0.25, 0.3) is 0 Å². The first kappa shape index (κ1) is 10.2. The summed E-state index contributed by atoms with van der Waals surface area (Å²) >= 11 is 0. The number of halogens is 1. The van der Waals surface area contributed by atoms with Gasteiger partial charge in [-0.25, -0.2) is 0 Å². The lowest BCUT2D eigenvalue weighted by Gasteiger charge is -2.01. The van der Waals surface area contributed by atoms with Gasteiger partial charge in [0.1, 0.15) is 12.4 Å². The second-order valence-corrected chi connectivity index (χ2v) is 1.83. The molecule has 1 aromatic rings. The zero-order valence-corrected chi connectivity index (χ0v) is 6.88. The summed E-state index contributed by atoms with van der Waals surface area (Å²) < 4.78 is 5.17. The van der Waals surface area contributed by atoms with Crippen molar-refractivity contribution in [2.75, 3.05) is 13.2 Å². The summed E-state index contributed by atoms with van der Waals surface area (Å²) in [5.41, 5.74) is 5.23. The summed E-state index contributed by atoms with van der Waals surface area (Å²) in [5.74, 6) is 0.771. The van der Waals surface area contributed by atoms with E-state index < -0.39 is 0 Å². The maximum atomic E-state index is 5.23. The van der Waals surface area contributed by atoms with Crippen molar-refractivity contribution in [2.24, 2.45) is 5.73 Å². The molecule has 0 unspecified atom stereocenters. The van der Waals surface area contributed by atoms with Gasteiger partial charge in [-0.3, -0.25) is 4.98 Å². The molecule has 0 aliphatic rings. The van der Waals surface area contributed by atoms with Crippen LogP contribution in [0.15, 0.2) is 24.5 Å². The molecule has 2 N–H and O–H groups in total. The Morgan fingerprint density at radius 1 is 1.55 bits per heavy atom. The molecular formula is C7H11ClN2O. The summed E-state index contributed by atoms with van der Waals surface area (Å²) in [5, 5.41) is 0. The molecule has 11 heavy (non-hydrogen) atoms. The van der Waals surface area contributed by atoms with E-state index in [0.29, 0.717) is 13.2 Å². The minimum Gasteiger partial charge on any atom is -0.491 e. The molecule has 1 aromatic heterocycles. The Balaban J connectivity index is 0.000001000. The average molecular weight is 175 g/mol. The van der Waals surface area contributed by atoms with Gasteiger partial charge in [-0.1, -0.05) is 0 Å². The molecule has 62 valence electrons. The summed E-state index contributed by atoms with van der Waals surface area (Å²) in [4.78, 5) is 3.87. The van der Waals surface area contributed by atoms with Crippen LogP contribution >= 0.6 is 12.4 Å². The van der Waals surface area contributed by atoms with Gasteiger partial charge < -0.3 is 10.5 Å². The summed E-state index contributed by atoms with van der Waals surface area (Å²) in [7, 11) is 0.